The van der Waals surface area contributed by atoms with Gasteiger partial charge < -0.3 is 24.6 Å². The maximum Gasteiger partial charge on any atom is 0.410 e. The van der Waals surface area contributed by atoms with Crippen LogP contribution in [0.1, 0.15) is 38.9 Å². The lowest BCUT2D eigenvalue weighted by molar-refractivity contribution is 0.0240. The highest BCUT2D eigenvalue weighted by molar-refractivity contribution is 5.79. The van der Waals surface area contributed by atoms with Gasteiger partial charge in [0, 0.05) is 55.6 Å². The molecule has 2 aliphatic rings. The second kappa shape index (κ2) is 10.0. The number of ether oxygens (including phenoxy) is 2. The van der Waals surface area contributed by atoms with Crippen LogP contribution in [0.15, 0.2) is 41.2 Å². The van der Waals surface area contributed by atoms with Crippen LogP contribution in [0.2, 0.25) is 0 Å². The first kappa shape index (κ1) is 25.0. The van der Waals surface area contributed by atoms with Crippen molar-refractivity contribution >= 4 is 34.4 Å². The van der Waals surface area contributed by atoms with Gasteiger partial charge in [-0.3, -0.25) is 9.36 Å². The lowest BCUT2D eigenvalue weighted by Crippen LogP contribution is -2.50. The molecule has 196 valence electrons. The van der Waals surface area contributed by atoms with Crippen LogP contribution in [-0.4, -0.2) is 70.5 Å². The number of aromatic nitrogens is 3. The second-order valence-electron chi connectivity index (χ2n) is 10.6. The first-order chi connectivity index (χ1) is 17.7. The molecule has 37 heavy (non-hydrogen) atoms. The van der Waals surface area contributed by atoms with Gasteiger partial charge in [-0.15, -0.1) is 0 Å². The van der Waals surface area contributed by atoms with Crippen molar-refractivity contribution in [2.75, 3.05) is 49.6 Å². The molecule has 3 aromatic rings. The summed E-state index contributed by atoms with van der Waals surface area (Å²) in [4.78, 5) is 38.4. The maximum absolute atomic E-state index is 12.7. The molecule has 1 aromatic carbocycles. The average molecular weight is 507 g/mol. The summed E-state index contributed by atoms with van der Waals surface area (Å²) in [5.74, 6) is 0.446. The predicted molar refractivity (Wildman–Crippen MR) is 143 cm³/mol. The fourth-order valence-corrected chi connectivity index (χ4v) is 4.78. The van der Waals surface area contributed by atoms with Crippen molar-refractivity contribution in [3.63, 3.8) is 0 Å². The summed E-state index contributed by atoms with van der Waals surface area (Å²) in [6, 6.07) is 11.4. The van der Waals surface area contributed by atoms with Crippen molar-refractivity contribution in [1.29, 1.82) is 0 Å². The zero-order valence-corrected chi connectivity index (χ0v) is 21.9. The minimum atomic E-state index is -0.493. The molecule has 0 radical (unpaired) electrons. The highest BCUT2D eigenvalue weighted by atomic mass is 16.6. The van der Waals surface area contributed by atoms with Gasteiger partial charge in [0.15, 0.2) is 0 Å². The first-order valence-corrected chi connectivity index (χ1v) is 12.8. The van der Waals surface area contributed by atoms with E-state index in [4.69, 9.17) is 14.5 Å². The fourth-order valence-electron chi connectivity index (χ4n) is 4.78. The van der Waals surface area contributed by atoms with E-state index in [1.54, 1.807) is 21.6 Å². The largest absolute Gasteiger partial charge is 0.444 e. The molecule has 0 spiro atoms. The van der Waals surface area contributed by atoms with Crippen LogP contribution in [0.5, 0.6) is 0 Å². The number of hydrogen-bond acceptors (Lipinski definition) is 8. The Hall–Kier alpha value is -3.66. The van der Waals surface area contributed by atoms with E-state index in [2.05, 4.69) is 15.2 Å². The monoisotopic (exact) mass is 506 g/mol. The predicted octanol–water partition coefficient (Wildman–Crippen LogP) is 3.86. The molecule has 5 rings (SSSR count). The minimum Gasteiger partial charge on any atom is -0.444 e. The molecule has 10 nitrogen and oxygen atoms in total. The molecular weight excluding hydrogens is 472 g/mol. The summed E-state index contributed by atoms with van der Waals surface area (Å²) in [7, 11) is 0. The molecule has 0 bridgehead atoms. The number of carbonyl (C=O) groups is 1. The summed E-state index contributed by atoms with van der Waals surface area (Å²) in [5.41, 5.74) is 2.79. The molecule has 2 aliphatic heterocycles. The number of pyridine rings is 1. The summed E-state index contributed by atoms with van der Waals surface area (Å²) in [6.07, 6.45) is 0.529. The van der Waals surface area contributed by atoms with Gasteiger partial charge in [-0.2, -0.15) is 4.98 Å². The van der Waals surface area contributed by atoms with E-state index in [9.17, 15) is 9.59 Å². The molecule has 1 amide bonds. The summed E-state index contributed by atoms with van der Waals surface area (Å²) in [6.45, 7) is 11.4. The van der Waals surface area contributed by atoms with Crippen molar-refractivity contribution in [2.45, 2.75) is 45.8 Å². The molecule has 2 aromatic heterocycles. The lowest BCUT2D eigenvalue weighted by Gasteiger charge is -2.36. The highest BCUT2D eigenvalue weighted by Crippen LogP contribution is 2.26. The Morgan fingerprint density at radius 1 is 1.05 bits per heavy atom. The number of amides is 1. The highest BCUT2D eigenvalue weighted by Gasteiger charge is 2.26. The number of hydrogen-bond donors (Lipinski definition) is 1. The Balaban J connectivity index is 1.29. The van der Waals surface area contributed by atoms with Gasteiger partial charge in [-0.25, -0.2) is 9.78 Å². The lowest BCUT2D eigenvalue weighted by atomic mass is 10.2. The zero-order chi connectivity index (χ0) is 26.2. The van der Waals surface area contributed by atoms with Crippen LogP contribution in [0.4, 0.5) is 22.1 Å². The van der Waals surface area contributed by atoms with E-state index in [-0.39, 0.29) is 17.7 Å². The summed E-state index contributed by atoms with van der Waals surface area (Å²) in [5, 5.41) is 4.15. The van der Waals surface area contributed by atoms with Crippen LogP contribution >= 0.6 is 0 Å². The Morgan fingerprint density at radius 3 is 2.43 bits per heavy atom. The molecule has 2 saturated heterocycles. The molecule has 0 aliphatic carbocycles. The van der Waals surface area contributed by atoms with Gasteiger partial charge in [0.25, 0.3) is 5.56 Å². The molecular formula is C27H34N6O4. The van der Waals surface area contributed by atoms with E-state index in [0.29, 0.717) is 37.9 Å². The molecule has 10 heteroatoms. The molecule has 1 unspecified atom stereocenters. The Labute approximate surface area is 216 Å². The average Bonchev–Trinajstić information content (AvgIpc) is 3.38. The van der Waals surface area contributed by atoms with Gasteiger partial charge in [0.05, 0.1) is 18.3 Å². The molecule has 0 saturated carbocycles. The number of rotatable bonds is 4. The van der Waals surface area contributed by atoms with Gasteiger partial charge >= 0.3 is 6.09 Å². The standard InChI is InChI=1S/C27H34N6O4/c1-18-22-9-10-23(34)33(21-11-16-36-17-21)24(22)30-25(28-18)29-19-5-7-20(8-6-19)31-12-14-32(15-13-31)26(35)37-27(2,3)4/h5-10,21H,11-17H2,1-4H3,(H,28,29,30). The summed E-state index contributed by atoms with van der Waals surface area (Å²) >= 11 is 0. The Bertz CT molecular complexity index is 1330. The number of nitrogens with one attached hydrogen (secondary N) is 1. The fraction of sp³-hybridized carbons (Fsp3) is 0.481. The second-order valence-corrected chi connectivity index (χ2v) is 10.6. The Kier molecular flexibility index (Phi) is 6.76. The zero-order valence-electron chi connectivity index (χ0n) is 21.9. The van der Waals surface area contributed by atoms with Crippen molar-refractivity contribution in [3.05, 3.63) is 52.4 Å². The third-order valence-corrected chi connectivity index (χ3v) is 6.67. The van der Waals surface area contributed by atoms with E-state index in [1.807, 2.05) is 52.0 Å². The molecule has 2 fully saturated rings. The minimum absolute atomic E-state index is 0.0200. The maximum atomic E-state index is 12.7. The van der Waals surface area contributed by atoms with Crippen molar-refractivity contribution in [1.82, 2.24) is 19.4 Å². The van der Waals surface area contributed by atoms with Crippen LogP contribution in [-0.2, 0) is 9.47 Å². The van der Waals surface area contributed by atoms with Gasteiger partial charge in [0.1, 0.15) is 11.2 Å². The van der Waals surface area contributed by atoms with Crippen LogP contribution < -0.4 is 15.8 Å². The number of carbonyl (C=O) groups excluding carboxylic acids is 1. The van der Waals surface area contributed by atoms with Crippen molar-refractivity contribution < 1.29 is 14.3 Å². The van der Waals surface area contributed by atoms with E-state index < -0.39 is 5.60 Å². The summed E-state index contributed by atoms with van der Waals surface area (Å²) < 4.78 is 12.8. The molecule has 1 N–H and O–H groups in total. The third-order valence-electron chi connectivity index (χ3n) is 6.67. The van der Waals surface area contributed by atoms with E-state index in [1.165, 1.54) is 0 Å². The topological polar surface area (TPSA) is 102 Å². The number of aryl methyl sites for hydroxylation is 1. The third kappa shape index (κ3) is 5.53. The van der Waals surface area contributed by atoms with Gasteiger partial charge in [-0.05, 0) is 64.4 Å². The molecule has 4 heterocycles. The Morgan fingerprint density at radius 2 is 1.78 bits per heavy atom. The smallest absolute Gasteiger partial charge is 0.410 e. The van der Waals surface area contributed by atoms with Gasteiger partial charge in [-0.1, -0.05) is 0 Å². The normalized spacial score (nSPS) is 18.3. The van der Waals surface area contributed by atoms with Crippen LogP contribution in [0, 0.1) is 6.92 Å². The number of fused-ring (bicyclic) bond motifs is 1. The van der Waals surface area contributed by atoms with E-state index >= 15 is 0 Å². The SMILES string of the molecule is Cc1nc(Nc2ccc(N3CCN(C(=O)OC(C)(C)C)CC3)cc2)nc2c1ccc(=O)n2C1CCOC1. The number of piperazine rings is 1. The quantitative estimate of drug-likeness (QED) is 0.569. The van der Waals surface area contributed by atoms with Gasteiger partial charge in [0.2, 0.25) is 5.95 Å². The number of anilines is 3. The number of benzene rings is 1. The number of nitrogens with zero attached hydrogens (tertiary/aromatic N) is 5. The molecule has 1 atom stereocenters. The van der Waals surface area contributed by atoms with Crippen molar-refractivity contribution in [2.24, 2.45) is 0 Å². The van der Waals surface area contributed by atoms with Crippen LogP contribution in [0.25, 0.3) is 11.0 Å². The van der Waals surface area contributed by atoms with Crippen LogP contribution in [0.3, 0.4) is 0 Å². The van der Waals surface area contributed by atoms with E-state index in [0.717, 1.165) is 42.0 Å². The van der Waals surface area contributed by atoms with Crippen molar-refractivity contribution in [3.8, 4) is 0 Å². The first-order valence-electron chi connectivity index (χ1n) is 12.8.